The molecule has 0 aliphatic heterocycles. The van der Waals surface area contributed by atoms with Crippen LogP contribution in [-0.4, -0.2) is 0 Å². The van der Waals surface area contributed by atoms with E-state index in [4.69, 9.17) is 11.5 Å². The monoisotopic (exact) mass is 673 g/mol. The van der Waals surface area contributed by atoms with Crippen molar-refractivity contribution in [3.8, 4) is 0 Å². The van der Waals surface area contributed by atoms with E-state index < -0.39 is 0 Å². The smallest absolute Gasteiger partial charge is 0.0314 e. The van der Waals surface area contributed by atoms with Crippen LogP contribution in [-0.2, 0) is 12.8 Å². The lowest BCUT2D eigenvalue weighted by molar-refractivity contribution is 0.446. The maximum atomic E-state index is 6.06. The Kier molecular flexibility index (Phi) is 17.5. The number of hydrogen-bond acceptors (Lipinski definition) is 2. The van der Waals surface area contributed by atoms with Gasteiger partial charge in [-0.2, -0.15) is 0 Å². The number of unbranched alkanes of at least 4 members (excludes halogenated alkanes) is 10. The second-order valence-electron chi connectivity index (χ2n) is 15.1. The van der Waals surface area contributed by atoms with E-state index in [0.29, 0.717) is 17.8 Å². The Morgan fingerprint density at radius 3 is 1.02 bits per heavy atom. The van der Waals surface area contributed by atoms with Gasteiger partial charge in [-0.05, 0) is 95.7 Å². The minimum absolute atomic E-state index is 0.429. The SMILES string of the molecule is CCCCCCCC(Cc1ccc(C(CCCCCC)c2ccc(N)cc2)cc1)Cc1ccc(C(CCCCCC)c2ccc(N)cc2)cc1. The third-order valence-corrected chi connectivity index (χ3v) is 10.9. The maximum absolute atomic E-state index is 6.06. The van der Waals surface area contributed by atoms with Gasteiger partial charge in [0.15, 0.2) is 0 Å². The predicted molar refractivity (Wildman–Crippen MR) is 220 cm³/mol. The lowest BCUT2D eigenvalue weighted by atomic mass is 9.83. The highest BCUT2D eigenvalue weighted by Gasteiger charge is 2.18. The van der Waals surface area contributed by atoms with E-state index in [2.05, 4.69) is 118 Å². The summed E-state index contributed by atoms with van der Waals surface area (Å²) >= 11 is 0. The quantitative estimate of drug-likeness (QED) is 0.0575. The summed E-state index contributed by atoms with van der Waals surface area (Å²) in [5, 5.41) is 0. The molecule has 0 fully saturated rings. The van der Waals surface area contributed by atoms with Crippen LogP contribution in [0.25, 0.3) is 0 Å². The van der Waals surface area contributed by atoms with E-state index in [1.165, 1.54) is 136 Å². The first kappa shape index (κ1) is 39.3. The van der Waals surface area contributed by atoms with Crippen LogP contribution in [0.2, 0.25) is 0 Å². The zero-order valence-electron chi connectivity index (χ0n) is 31.9. The van der Waals surface area contributed by atoms with Crippen LogP contribution in [0.5, 0.6) is 0 Å². The molecule has 0 aliphatic carbocycles. The third kappa shape index (κ3) is 13.3. The van der Waals surface area contributed by atoms with E-state index in [-0.39, 0.29) is 0 Å². The van der Waals surface area contributed by atoms with E-state index in [0.717, 1.165) is 24.2 Å². The van der Waals surface area contributed by atoms with Gasteiger partial charge < -0.3 is 11.5 Å². The zero-order chi connectivity index (χ0) is 35.4. The second kappa shape index (κ2) is 22.3. The molecule has 0 aromatic heterocycles. The van der Waals surface area contributed by atoms with Crippen molar-refractivity contribution in [2.24, 2.45) is 5.92 Å². The number of hydrogen-bond donors (Lipinski definition) is 2. The molecule has 0 amide bonds. The van der Waals surface area contributed by atoms with Crippen LogP contribution in [0.4, 0.5) is 11.4 Å². The molecule has 0 aliphatic rings. The van der Waals surface area contributed by atoms with Crippen molar-refractivity contribution < 1.29 is 0 Å². The molecule has 0 bridgehead atoms. The van der Waals surface area contributed by atoms with Gasteiger partial charge in [0.05, 0.1) is 0 Å². The molecule has 0 heterocycles. The molecular weight excluding hydrogens is 605 g/mol. The third-order valence-electron chi connectivity index (χ3n) is 10.9. The Labute approximate surface area is 306 Å². The van der Waals surface area contributed by atoms with Gasteiger partial charge in [-0.3, -0.25) is 0 Å². The van der Waals surface area contributed by atoms with E-state index in [1.807, 2.05) is 0 Å². The van der Waals surface area contributed by atoms with Gasteiger partial charge in [-0.1, -0.05) is 177 Å². The summed E-state index contributed by atoms with van der Waals surface area (Å²) in [4.78, 5) is 0. The van der Waals surface area contributed by atoms with Crippen molar-refractivity contribution >= 4 is 11.4 Å². The van der Waals surface area contributed by atoms with Crippen LogP contribution in [0.15, 0.2) is 97.1 Å². The second-order valence-corrected chi connectivity index (χ2v) is 15.1. The predicted octanol–water partition coefficient (Wildman–Crippen LogP) is 13.8. The van der Waals surface area contributed by atoms with Gasteiger partial charge in [0.25, 0.3) is 0 Å². The highest BCUT2D eigenvalue weighted by atomic mass is 14.5. The van der Waals surface area contributed by atoms with Crippen molar-refractivity contribution in [3.63, 3.8) is 0 Å². The van der Waals surface area contributed by atoms with Crippen molar-refractivity contribution in [2.75, 3.05) is 11.5 Å². The number of anilines is 2. The molecule has 0 saturated heterocycles. The van der Waals surface area contributed by atoms with Gasteiger partial charge >= 0.3 is 0 Å². The largest absolute Gasteiger partial charge is 0.399 e. The lowest BCUT2D eigenvalue weighted by Gasteiger charge is -2.21. The van der Waals surface area contributed by atoms with Crippen LogP contribution in [0.1, 0.15) is 169 Å². The fraction of sp³-hybridized carbons (Fsp3) is 0.500. The molecule has 4 aromatic rings. The Morgan fingerprint density at radius 2 is 0.660 bits per heavy atom. The first-order valence-electron chi connectivity index (χ1n) is 20.4. The molecule has 2 nitrogen and oxygen atoms in total. The van der Waals surface area contributed by atoms with E-state index in [9.17, 15) is 0 Å². The van der Waals surface area contributed by atoms with Gasteiger partial charge in [-0.25, -0.2) is 0 Å². The average Bonchev–Trinajstić information content (AvgIpc) is 3.13. The molecule has 4 aromatic carbocycles. The van der Waals surface area contributed by atoms with Crippen LogP contribution in [0, 0.1) is 5.92 Å². The summed E-state index contributed by atoms with van der Waals surface area (Å²) in [6.45, 7) is 6.89. The topological polar surface area (TPSA) is 52.0 Å². The van der Waals surface area contributed by atoms with E-state index in [1.54, 1.807) is 0 Å². The molecule has 270 valence electrons. The molecule has 50 heavy (non-hydrogen) atoms. The molecule has 2 atom stereocenters. The molecule has 4 rings (SSSR count). The highest BCUT2D eigenvalue weighted by molar-refractivity contribution is 5.44. The van der Waals surface area contributed by atoms with Crippen molar-refractivity contribution in [3.05, 3.63) is 130 Å². The number of rotatable bonds is 24. The first-order valence-corrected chi connectivity index (χ1v) is 20.4. The average molecular weight is 673 g/mol. The summed E-state index contributed by atoms with van der Waals surface area (Å²) in [7, 11) is 0. The summed E-state index contributed by atoms with van der Waals surface area (Å²) in [6, 6.07) is 36.6. The normalized spacial score (nSPS) is 13.3. The number of nitrogen functional groups attached to an aromatic ring is 2. The number of nitrogens with two attached hydrogens (primary N) is 2. The summed E-state index contributed by atoms with van der Waals surface area (Å²) in [5.74, 6) is 1.51. The lowest BCUT2D eigenvalue weighted by Crippen LogP contribution is -2.10. The van der Waals surface area contributed by atoms with Gasteiger partial charge in [0.2, 0.25) is 0 Å². The fourth-order valence-electron chi connectivity index (χ4n) is 7.81. The van der Waals surface area contributed by atoms with Crippen LogP contribution < -0.4 is 11.5 Å². The van der Waals surface area contributed by atoms with Gasteiger partial charge in [0, 0.05) is 23.2 Å². The Balaban J connectivity index is 1.47. The summed E-state index contributed by atoms with van der Waals surface area (Å²) < 4.78 is 0. The maximum Gasteiger partial charge on any atom is 0.0314 e. The molecule has 4 N–H and O–H groups in total. The first-order chi connectivity index (χ1) is 24.5. The molecule has 0 spiro atoms. The van der Waals surface area contributed by atoms with Crippen LogP contribution >= 0.6 is 0 Å². The Bertz CT molecular complexity index is 1330. The summed E-state index contributed by atoms with van der Waals surface area (Å²) in [6.07, 6.45) is 23.0. The summed E-state index contributed by atoms with van der Waals surface area (Å²) in [5.41, 5.74) is 22.4. The zero-order valence-corrected chi connectivity index (χ0v) is 31.9. The van der Waals surface area contributed by atoms with Gasteiger partial charge in [-0.15, -0.1) is 0 Å². The highest BCUT2D eigenvalue weighted by Crippen LogP contribution is 2.33. The Morgan fingerprint density at radius 1 is 0.360 bits per heavy atom. The van der Waals surface area contributed by atoms with Crippen molar-refractivity contribution in [2.45, 2.75) is 148 Å². The van der Waals surface area contributed by atoms with Crippen molar-refractivity contribution in [1.82, 2.24) is 0 Å². The molecule has 0 radical (unpaired) electrons. The molecule has 0 saturated carbocycles. The molecular formula is C48H68N2. The standard InChI is InChI=1S/C48H68N2/c1-4-7-10-13-14-17-40(36-38-20-24-41(25-21-38)47(18-15-11-8-5-2)43-28-32-45(49)33-29-43)37-39-22-26-42(27-23-39)48(19-16-12-9-6-3)44-30-34-46(50)35-31-44/h20-35,40,47-48H,4-19,36-37,49-50H2,1-3H3. The molecule has 2 heteroatoms. The van der Waals surface area contributed by atoms with E-state index >= 15 is 0 Å². The minimum Gasteiger partial charge on any atom is -0.399 e. The molecule has 2 unspecified atom stereocenters. The number of benzene rings is 4. The van der Waals surface area contributed by atoms with Crippen LogP contribution in [0.3, 0.4) is 0 Å². The van der Waals surface area contributed by atoms with Gasteiger partial charge in [0.1, 0.15) is 0 Å². The van der Waals surface area contributed by atoms with Crippen molar-refractivity contribution in [1.29, 1.82) is 0 Å². The Hall–Kier alpha value is -3.52. The minimum atomic E-state index is 0.429. The fourth-order valence-corrected chi connectivity index (χ4v) is 7.81.